The Labute approximate surface area is 160 Å². The van der Waals surface area contributed by atoms with Crippen LogP contribution in [-0.4, -0.2) is 54.7 Å². The monoisotopic (exact) mass is 372 g/mol. The van der Waals surface area contributed by atoms with Gasteiger partial charge < -0.3 is 14.2 Å². The Balaban J connectivity index is 1.54. The Morgan fingerprint density at radius 2 is 2.08 bits per heavy atom. The van der Waals surface area contributed by atoms with Crippen molar-refractivity contribution in [2.45, 2.75) is 31.1 Å². The molecule has 1 atom stereocenters. The number of amides is 1. The number of carbonyl (C=O) groups is 1. The summed E-state index contributed by atoms with van der Waals surface area (Å²) in [7, 11) is 1.91. The third kappa shape index (κ3) is 4.92. The number of likely N-dealkylation sites (tertiary alicyclic amines) is 1. The van der Waals surface area contributed by atoms with Gasteiger partial charge in [0.2, 0.25) is 0 Å². The van der Waals surface area contributed by atoms with E-state index in [0.717, 1.165) is 50.4 Å². The van der Waals surface area contributed by atoms with Crippen LogP contribution in [0, 0.1) is 0 Å². The van der Waals surface area contributed by atoms with Crippen molar-refractivity contribution in [1.29, 1.82) is 0 Å². The SMILES string of the molecule is CSCc1ccc(C(=O)N(C)C2CCCN(CCc3ccccc3)C2)o1. The average molecular weight is 373 g/mol. The summed E-state index contributed by atoms with van der Waals surface area (Å²) in [5, 5.41) is 0. The minimum atomic E-state index is -0.00716. The standard InChI is InChI=1S/C21H28N2O2S/c1-22(21(24)20-11-10-19(25-20)16-26-2)18-9-6-13-23(15-18)14-12-17-7-4-3-5-8-17/h3-5,7-8,10-11,18H,6,9,12-16H2,1-2H3. The van der Waals surface area contributed by atoms with Crippen LogP contribution >= 0.6 is 11.8 Å². The van der Waals surface area contributed by atoms with Crippen LogP contribution in [0.25, 0.3) is 0 Å². The molecule has 2 aromatic rings. The zero-order valence-corrected chi connectivity index (χ0v) is 16.5. The molecule has 5 heteroatoms. The first-order chi connectivity index (χ1) is 12.7. The van der Waals surface area contributed by atoms with Gasteiger partial charge in [0, 0.05) is 26.2 Å². The van der Waals surface area contributed by atoms with E-state index in [1.807, 2.05) is 24.3 Å². The first kappa shape index (κ1) is 19.1. The Bertz CT molecular complexity index is 701. The van der Waals surface area contributed by atoms with E-state index < -0.39 is 0 Å². The fourth-order valence-electron chi connectivity index (χ4n) is 3.53. The summed E-state index contributed by atoms with van der Waals surface area (Å²) in [5.74, 6) is 2.11. The second-order valence-electron chi connectivity index (χ2n) is 6.95. The molecule has 3 rings (SSSR count). The highest BCUT2D eigenvalue weighted by Gasteiger charge is 2.27. The molecule has 0 spiro atoms. The van der Waals surface area contributed by atoms with Crippen molar-refractivity contribution < 1.29 is 9.21 Å². The number of carbonyl (C=O) groups excluding carboxylic acids is 1. The van der Waals surface area contributed by atoms with Crippen LogP contribution in [0.1, 0.15) is 34.7 Å². The summed E-state index contributed by atoms with van der Waals surface area (Å²) in [6.45, 7) is 3.10. The summed E-state index contributed by atoms with van der Waals surface area (Å²) in [4.78, 5) is 17.1. The van der Waals surface area contributed by atoms with Crippen LogP contribution in [0.2, 0.25) is 0 Å². The lowest BCUT2D eigenvalue weighted by Crippen LogP contribution is -2.48. The number of thioether (sulfide) groups is 1. The van der Waals surface area contributed by atoms with E-state index in [1.54, 1.807) is 17.8 Å². The summed E-state index contributed by atoms with van der Waals surface area (Å²) in [6, 6.07) is 14.6. The number of benzene rings is 1. The van der Waals surface area contributed by atoms with Gasteiger partial charge in [0.15, 0.2) is 5.76 Å². The molecule has 1 saturated heterocycles. The van der Waals surface area contributed by atoms with Gasteiger partial charge in [0.1, 0.15) is 5.76 Å². The van der Waals surface area contributed by atoms with Crippen LogP contribution in [0.3, 0.4) is 0 Å². The molecule has 4 nitrogen and oxygen atoms in total. The molecule has 26 heavy (non-hydrogen) atoms. The third-order valence-electron chi connectivity index (χ3n) is 5.07. The van der Waals surface area contributed by atoms with Crippen molar-refractivity contribution in [2.24, 2.45) is 0 Å². The maximum absolute atomic E-state index is 12.8. The van der Waals surface area contributed by atoms with Gasteiger partial charge in [0.25, 0.3) is 5.91 Å². The molecule has 1 amide bonds. The van der Waals surface area contributed by atoms with Gasteiger partial charge in [0.05, 0.1) is 5.75 Å². The fraction of sp³-hybridized carbons (Fsp3) is 0.476. The normalized spacial score (nSPS) is 18.0. The summed E-state index contributed by atoms with van der Waals surface area (Å²) < 4.78 is 5.70. The van der Waals surface area contributed by atoms with Crippen LogP contribution in [0.4, 0.5) is 0 Å². The van der Waals surface area contributed by atoms with Gasteiger partial charge in [-0.2, -0.15) is 11.8 Å². The second-order valence-corrected chi connectivity index (χ2v) is 7.81. The molecule has 1 fully saturated rings. The first-order valence-electron chi connectivity index (χ1n) is 9.28. The molecule has 0 radical (unpaired) electrons. The molecule has 1 aromatic carbocycles. The van der Waals surface area contributed by atoms with Crippen molar-refractivity contribution in [3.8, 4) is 0 Å². The van der Waals surface area contributed by atoms with Gasteiger partial charge in [-0.15, -0.1) is 0 Å². The number of furan rings is 1. The Kier molecular flexibility index (Phi) is 6.80. The van der Waals surface area contributed by atoms with E-state index in [-0.39, 0.29) is 11.9 Å². The number of hydrogen-bond donors (Lipinski definition) is 0. The first-order valence-corrected chi connectivity index (χ1v) is 10.7. The predicted molar refractivity (Wildman–Crippen MR) is 108 cm³/mol. The van der Waals surface area contributed by atoms with Crippen molar-refractivity contribution in [3.63, 3.8) is 0 Å². The fourth-order valence-corrected chi connectivity index (χ4v) is 3.97. The van der Waals surface area contributed by atoms with E-state index in [2.05, 4.69) is 35.2 Å². The molecule has 0 aliphatic carbocycles. The van der Waals surface area contributed by atoms with Gasteiger partial charge in [-0.3, -0.25) is 4.79 Å². The summed E-state index contributed by atoms with van der Waals surface area (Å²) >= 11 is 1.69. The van der Waals surface area contributed by atoms with Gasteiger partial charge >= 0.3 is 0 Å². The molecule has 0 saturated carbocycles. The van der Waals surface area contributed by atoms with Crippen molar-refractivity contribution >= 4 is 17.7 Å². The highest BCUT2D eigenvalue weighted by molar-refractivity contribution is 7.97. The highest BCUT2D eigenvalue weighted by Crippen LogP contribution is 2.20. The predicted octanol–water partition coefficient (Wildman–Crippen LogP) is 3.92. The van der Waals surface area contributed by atoms with Gasteiger partial charge in [-0.25, -0.2) is 0 Å². The third-order valence-corrected chi connectivity index (χ3v) is 5.64. The zero-order chi connectivity index (χ0) is 18.4. The van der Waals surface area contributed by atoms with Gasteiger partial charge in [-0.1, -0.05) is 30.3 Å². The zero-order valence-electron chi connectivity index (χ0n) is 15.7. The van der Waals surface area contributed by atoms with Crippen molar-refractivity contribution in [3.05, 3.63) is 59.5 Å². The van der Waals surface area contributed by atoms with Gasteiger partial charge in [-0.05, 0) is 49.8 Å². The minimum Gasteiger partial charge on any atom is -0.455 e. The van der Waals surface area contributed by atoms with Crippen molar-refractivity contribution in [2.75, 3.05) is 32.9 Å². The maximum Gasteiger partial charge on any atom is 0.289 e. The van der Waals surface area contributed by atoms with Crippen LogP contribution < -0.4 is 0 Å². The number of nitrogens with zero attached hydrogens (tertiary/aromatic N) is 2. The highest BCUT2D eigenvalue weighted by atomic mass is 32.2. The molecular weight excluding hydrogens is 344 g/mol. The lowest BCUT2D eigenvalue weighted by Gasteiger charge is -2.37. The molecule has 1 unspecified atom stereocenters. The molecule has 1 aromatic heterocycles. The van der Waals surface area contributed by atoms with E-state index in [1.165, 1.54) is 5.56 Å². The molecule has 0 bridgehead atoms. The minimum absolute atomic E-state index is 0.00716. The average Bonchev–Trinajstić information content (AvgIpc) is 3.15. The van der Waals surface area contributed by atoms with E-state index in [0.29, 0.717) is 5.76 Å². The van der Waals surface area contributed by atoms with Crippen LogP contribution in [0.5, 0.6) is 0 Å². The number of likely N-dealkylation sites (N-methyl/N-ethyl adjacent to an activating group) is 1. The Morgan fingerprint density at radius 1 is 1.27 bits per heavy atom. The molecular formula is C21H28N2O2S. The van der Waals surface area contributed by atoms with E-state index in [9.17, 15) is 4.79 Å². The quantitative estimate of drug-likeness (QED) is 0.738. The maximum atomic E-state index is 12.8. The summed E-state index contributed by atoms with van der Waals surface area (Å²) in [6.07, 6.45) is 5.28. The Hall–Kier alpha value is -1.72. The lowest BCUT2D eigenvalue weighted by atomic mass is 10.0. The smallest absolute Gasteiger partial charge is 0.289 e. The molecule has 140 valence electrons. The number of rotatable bonds is 7. The molecule has 1 aliphatic heterocycles. The lowest BCUT2D eigenvalue weighted by molar-refractivity contribution is 0.0588. The number of hydrogen-bond acceptors (Lipinski definition) is 4. The molecule has 1 aliphatic rings. The topological polar surface area (TPSA) is 36.7 Å². The largest absolute Gasteiger partial charge is 0.455 e. The molecule has 2 heterocycles. The molecule has 0 N–H and O–H groups in total. The van der Waals surface area contributed by atoms with Crippen molar-refractivity contribution in [1.82, 2.24) is 9.80 Å². The Morgan fingerprint density at radius 3 is 2.85 bits per heavy atom. The van der Waals surface area contributed by atoms with E-state index >= 15 is 0 Å². The second kappa shape index (κ2) is 9.28. The van der Waals surface area contributed by atoms with Crippen LogP contribution in [0.15, 0.2) is 46.9 Å². The number of piperidine rings is 1. The van der Waals surface area contributed by atoms with E-state index in [4.69, 9.17) is 4.42 Å². The van der Waals surface area contributed by atoms with Crippen LogP contribution in [-0.2, 0) is 12.2 Å². The summed E-state index contributed by atoms with van der Waals surface area (Å²) in [5.41, 5.74) is 1.37.